The average molecular weight is 584 g/mol. The number of ether oxygens (including phenoxy) is 4. The topological polar surface area (TPSA) is 186 Å². The third kappa shape index (κ3) is 18.4. The Labute approximate surface area is 231 Å². The minimum atomic E-state index is -4.13. The van der Waals surface area contributed by atoms with Gasteiger partial charge in [0, 0.05) is 7.05 Å². The molecule has 0 aromatic carbocycles. The molecule has 0 aliphatic heterocycles. The van der Waals surface area contributed by atoms with Crippen LogP contribution in [0.5, 0.6) is 0 Å². The average Bonchev–Trinajstić information content (AvgIpc) is 2.90. The first-order chi connectivity index (χ1) is 18.6. The van der Waals surface area contributed by atoms with Gasteiger partial charge in [-0.3, -0.25) is 9.05 Å². The molecule has 0 aliphatic carbocycles. The first-order valence-corrected chi connectivity index (χ1v) is 14.9. The van der Waals surface area contributed by atoms with E-state index < -0.39 is 32.1 Å². The Morgan fingerprint density at radius 3 is 1.62 bits per heavy atom. The number of hydrogen-bond acceptors (Lipinski definition) is 10. The fourth-order valence-corrected chi connectivity index (χ4v) is 4.17. The number of carboxylic acid groups (broad SMARTS) is 1. The number of nitrogens with zero attached hydrogens (tertiary/aromatic N) is 2. The monoisotopic (exact) mass is 583 g/mol. The summed E-state index contributed by atoms with van der Waals surface area (Å²) in [6, 6.07) is -0.962. The van der Waals surface area contributed by atoms with Gasteiger partial charge in [-0.25, -0.2) is 18.9 Å². The molecule has 0 saturated heterocycles. The summed E-state index contributed by atoms with van der Waals surface area (Å²) in [6.45, 7) is 6.29. The van der Waals surface area contributed by atoms with Gasteiger partial charge in [-0.05, 0) is 44.9 Å². The molecule has 0 amide bonds. The van der Waals surface area contributed by atoms with E-state index in [4.69, 9.17) is 33.7 Å². The van der Waals surface area contributed by atoms with Gasteiger partial charge in [-0.2, -0.15) is 0 Å². The second-order valence-corrected chi connectivity index (χ2v) is 10.2. The van der Waals surface area contributed by atoms with Crippen LogP contribution in [-0.4, -0.2) is 87.0 Å². The summed E-state index contributed by atoms with van der Waals surface area (Å²) in [5.41, 5.74) is 6.00. The molecule has 0 spiro atoms. The Bertz CT molecular complexity index is 746. The van der Waals surface area contributed by atoms with Crippen LogP contribution >= 0.6 is 7.75 Å². The SMILES string of the molecule is CCCCC(C(=O)O)N(C)C(N)=NP(=O)(OCCCCOC(=O)OCCC)OCCCCOC(=O)OCCC. The van der Waals surface area contributed by atoms with Crippen LogP contribution < -0.4 is 5.73 Å². The number of aliphatic carboxylic acids is 1. The van der Waals surface area contributed by atoms with E-state index in [0.29, 0.717) is 51.4 Å². The van der Waals surface area contributed by atoms with Gasteiger partial charge in [-0.15, -0.1) is 4.76 Å². The molecule has 0 saturated carbocycles. The van der Waals surface area contributed by atoms with Crippen molar-refractivity contribution in [1.29, 1.82) is 0 Å². The predicted octanol–water partition coefficient (Wildman–Crippen LogP) is 4.70. The Kier molecular flexibility index (Phi) is 20.8. The van der Waals surface area contributed by atoms with E-state index in [1.54, 1.807) is 0 Å². The van der Waals surface area contributed by atoms with Crippen LogP contribution in [0.3, 0.4) is 0 Å². The lowest BCUT2D eigenvalue weighted by Crippen LogP contribution is -2.46. The zero-order valence-corrected chi connectivity index (χ0v) is 24.5. The summed E-state index contributed by atoms with van der Waals surface area (Å²) in [6.07, 6.45) is 3.16. The first-order valence-electron chi connectivity index (χ1n) is 13.4. The molecule has 0 aromatic rings. The van der Waals surface area contributed by atoms with Gasteiger partial charge < -0.3 is 34.7 Å². The molecule has 0 bridgehead atoms. The molecule has 0 aliphatic rings. The van der Waals surface area contributed by atoms with Gasteiger partial charge in [0.15, 0.2) is 0 Å². The molecular formula is C24H46N3O11P. The highest BCUT2D eigenvalue weighted by Crippen LogP contribution is 2.50. The maximum absolute atomic E-state index is 13.4. The number of likely N-dealkylation sites (N-methyl/N-ethyl adjacent to an activating group) is 1. The van der Waals surface area contributed by atoms with Gasteiger partial charge in [-0.1, -0.05) is 33.6 Å². The largest absolute Gasteiger partial charge is 0.508 e. The molecule has 0 heterocycles. The number of carboxylic acids is 1. The summed E-state index contributed by atoms with van der Waals surface area (Å²) >= 11 is 0. The smallest absolute Gasteiger partial charge is 0.480 e. The third-order valence-corrected chi connectivity index (χ3v) is 6.51. The summed E-state index contributed by atoms with van der Waals surface area (Å²) in [5.74, 6) is -1.39. The Morgan fingerprint density at radius 1 is 0.769 bits per heavy atom. The van der Waals surface area contributed by atoms with Crippen molar-refractivity contribution in [3.63, 3.8) is 0 Å². The molecule has 1 unspecified atom stereocenters. The van der Waals surface area contributed by atoms with E-state index >= 15 is 0 Å². The number of hydrogen-bond donors (Lipinski definition) is 2. The quantitative estimate of drug-likeness (QED) is 0.0587. The molecule has 0 rings (SSSR count). The summed E-state index contributed by atoms with van der Waals surface area (Å²) in [4.78, 5) is 35.7. The van der Waals surface area contributed by atoms with Crippen molar-refractivity contribution >= 4 is 32.0 Å². The van der Waals surface area contributed by atoms with Crippen LogP contribution in [0.1, 0.15) is 78.6 Å². The zero-order chi connectivity index (χ0) is 29.5. The summed E-state index contributed by atoms with van der Waals surface area (Å²) < 4.78 is 47.7. The highest BCUT2D eigenvalue weighted by Gasteiger charge is 2.29. The molecule has 0 fully saturated rings. The van der Waals surface area contributed by atoms with Crippen LogP contribution in [0.4, 0.5) is 9.59 Å². The van der Waals surface area contributed by atoms with Crippen LogP contribution in [-0.2, 0) is 37.4 Å². The summed E-state index contributed by atoms with van der Waals surface area (Å²) in [5, 5.41) is 9.57. The van der Waals surface area contributed by atoms with Crippen molar-refractivity contribution in [3.05, 3.63) is 0 Å². The van der Waals surface area contributed by atoms with Crippen molar-refractivity contribution < 1.29 is 52.1 Å². The van der Waals surface area contributed by atoms with Gasteiger partial charge >= 0.3 is 26.0 Å². The van der Waals surface area contributed by atoms with Crippen molar-refractivity contribution in [2.75, 3.05) is 46.7 Å². The maximum atomic E-state index is 13.4. The van der Waals surface area contributed by atoms with Crippen LogP contribution in [0, 0.1) is 0 Å². The lowest BCUT2D eigenvalue weighted by atomic mass is 10.1. The van der Waals surface area contributed by atoms with E-state index in [1.165, 1.54) is 11.9 Å². The van der Waals surface area contributed by atoms with Crippen LogP contribution in [0.25, 0.3) is 0 Å². The van der Waals surface area contributed by atoms with E-state index in [2.05, 4.69) is 4.76 Å². The second-order valence-electron chi connectivity index (χ2n) is 8.51. The number of carbonyl (C=O) groups is 3. The Balaban J connectivity index is 5.01. The summed E-state index contributed by atoms with van der Waals surface area (Å²) in [7, 11) is -2.68. The standard InChI is InChI=1S/C24H46N3O11P/c1-5-8-13-20(21(28)29)27(4)22(25)26-39(32,37-18-11-9-16-35-23(30)33-14-6-2)38-19-12-10-17-36-24(31)34-15-7-3/h20H,5-19H2,1-4H3,(H,28,29)(H2,25,26,32). The van der Waals surface area contributed by atoms with E-state index in [0.717, 1.165) is 6.42 Å². The molecule has 14 nitrogen and oxygen atoms in total. The number of nitrogens with two attached hydrogens (primary N) is 1. The van der Waals surface area contributed by atoms with E-state index in [1.807, 2.05) is 20.8 Å². The lowest BCUT2D eigenvalue weighted by Gasteiger charge is -2.26. The lowest BCUT2D eigenvalue weighted by molar-refractivity contribution is -0.141. The zero-order valence-electron chi connectivity index (χ0n) is 23.6. The maximum Gasteiger partial charge on any atom is 0.508 e. The molecular weight excluding hydrogens is 537 g/mol. The molecule has 1 atom stereocenters. The molecule has 39 heavy (non-hydrogen) atoms. The van der Waals surface area contributed by atoms with Gasteiger partial charge in [0.25, 0.3) is 0 Å². The molecule has 0 radical (unpaired) electrons. The van der Waals surface area contributed by atoms with Crippen molar-refractivity contribution in [3.8, 4) is 0 Å². The highest BCUT2D eigenvalue weighted by molar-refractivity contribution is 7.52. The Morgan fingerprint density at radius 2 is 1.21 bits per heavy atom. The second kappa shape index (κ2) is 22.3. The minimum Gasteiger partial charge on any atom is -0.480 e. The number of carbonyl (C=O) groups excluding carboxylic acids is 2. The van der Waals surface area contributed by atoms with Crippen LogP contribution in [0.15, 0.2) is 4.76 Å². The first kappa shape index (κ1) is 36.4. The van der Waals surface area contributed by atoms with Gasteiger partial charge in [0.1, 0.15) is 6.04 Å². The highest BCUT2D eigenvalue weighted by atomic mass is 31.2. The third-order valence-electron chi connectivity index (χ3n) is 5.04. The molecule has 228 valence electrons. The fourth-order valence-electron chi connectivity index (χ4n) is 2.86. The van der Waals surface area contributed by atoms with E-state index in [9.17, 15) is 24.1 Å². The molecule has 15 heteroatoms. The predicted molar refractivity (Wildman–Crippen MR) is 143 cm³/mol. The normalized spacial score (nSPS) is 12.5. The van der Waals surface area contributed by atoms with Crippen molar-refractivity contribution in [2.24, 2.45) is 10.5 Å². The van der Waals surface area contributed by atoms with E-state index in [-0.39, 0.29) is 45.6 Å². The van der Waals surface area contributed by atoms with Gasteiger partial charge in [0.05, 0.1) is 39.6 Å². The minimum absolute atomic E-state index is 0.0459. The number of guanidine groups is 1. The van der Waals surface area contributed by atoms with Gasteiger partial charge in [0.2, 0.25) is 5.96 Å². The van der Waals surface area contributed by atoms with Crippen molar-refractivity contribution in [1.82, 2.24) is 4.90 Å². The molecule has 0 aromatic heterocycles. The fraction of sp³-hybridized carbons (Fsp3) is 0.833. The number of rotatable bonds is 22. The van der Waals surface area contributed by atoms with Crippen molar-refractivity contribution in [2.45, 2.75) is 84.6 Å². The number of unbranched alkanes of at least 4 members (excludes halogenated alkanes) is 3. The van der Waals surface area contributed by atoms with Crippen LogP contribution in [0.2, 0.25) is 0 Å². The Hall–Kier alpha value is -2.57. The molecule has 3 N–H and O–H groups in total.